The molecule has 9 heteroatoms. The summed E-state index contributed by atoms with van der Waals surface area (Å²) in [5.41, 5.74) is 0.690. The number of nitrogens with zero attached hydrogens (tertiary/aromatic N) is 4. The van der Waals surface area contributed by atoms with Crippen LogP contribution in [0.2, 0.25) is 0 Å². The number of halogens is 3. The van der Waals surface area contributed by atoms with Crippen molar-refractivity contribution in [2.75, 3.05) is 26.2 Å². The molecule has 1 aliphatic heterocycles. The van der Waals surface area contributed by atoms with E-state index in [1.807, 2.05) is 4.90 Å². The van der Waals surface area contributed by atoms with E-state index in [4.69, 9.17) is 0 Å². The first-order valence-electron chi connectivity index (χ1n) is 11.2. The smallest absolute Gasteiger partial charge is 0.339 e. The molecule has 2 heterocycles. The second-order valence-electron chi connectivity index (χ2n) is 8.92. The second-order valence-corrected chi connectivity index (χ2v) is 8.92. The zero-order valence-electron chi connectivity index (χ0n) is 17.6. The predicted octanol–water partition coefficient (Wildman–Crippen LogP) is 3.85. The summed E-state index contributed by atoms with van der Waals surface area (Å²) in [6.45, 7) is 1.94. The number of hydrogen-bond acceptors (Lipinski definition) is 3. The molecule has 5 rings (SSSR count). The first-order valence-corrected chi connectivity index (χ1v) is 11.2. The summed E-state index contributed by atoms with van der Waals surface area (Å²) in [7, 11) is 0. The van der Waals surface area contributed by atoms with Crippen LogP contribution in [-0.4, -0.2) is 57.6 Å². The van der Waals surface area contributed by atoms with Crippen LogP contribution < -0.4 is 0 Å². The molecule has 0 radical (unpaired) electrons. The van der Waals surface area contributed by atoms with Crippen LogP contribution in [0.25, 0.3) is 5.69 Å². The standard InChI is InChI=1S/C23H25F3N4O2/c24-23(25,26)17-5-2-6-18(13-17)30-20(15-7-8-15)19(14-27-30)22(32)29-11-9-28(10-12-29)21(31)16-3-1-4-16/h2,5-6,13-16H,1,3-4,7-12H2. The molecule has 2 aliphatic carbocycles. The maximum atomic E-state index is 13.3. The highest BCUT2D eigenvalue weighted by Gasteiger charge is 2.37. The van der Waals surface area contributed by atoms with Crippen molar-refractivity contribution in [2.45, 2.75) is 44.2 Å². The quantitative estimate of drug-likeness (QED) is 0.717. The van der Waals surface area contributed by atoms with Gasteiger partial charge >= 0.3 is 6.18 Å². The van der Waals surface area contributed by atoms with Crippen molar-refractivity contribution in [1.82, 2.24) is 19.6 Å². The van der Waals surface area contributed by atoms with E-state index >= 15 is 0 Å². The lowest BCUT2D eigenvalue weighted by molar-refractivity contribution is -0.139. The molecule has 0 spiro atoms. The zero-order chi connectivity index (χ0) is 22.5. The number of carbonyl (C=O) groups excluding carboxylic acids is 2. The number of hydrogen-bond donors (Lipinski definition) is 0. The van der Waals surface area contributed by atoms with Gasteiger partial charge in [0.25, 0.3) is 5.91 Å². The van der Waals surface area contributed by atoms with E-state index in [9.17, 15) is 22.8 Å². The molecule has 2 amide bonds. The average molecular weight is 446 g/mol. The summed E-state index contributed by atoms with van der Waals surface area (Å²) >= 11 is 0. The molecular formula is C23H25F3N4O2. The molecule has 1 saturated heterocycles. The molecule has 32 heavy (non-hydrogen) atoms. The molecule has 0 N–H and O–H groups in total. The second kappa shape index (κ2) is 7.94. The molecule has 0 bridgehead atoms. The third-order valence-electron chi connectivity index (χ3n) is 6.75. The Morgan fingerprint density at radius 2 is 1.66 bits per heavy atom. The highest BCUT2D eigenvalue weighted by molar-refractivity contribution is 5.96. The number of amides is 2. The lowest BCUT2D eigenvalue weighted by Gasteiger charge is -2.38. The van der Waals surface area contributed by atoms with Crippen LogP contribution in [0.4, 0.5) is 13.2 Å². The Morgan fingerprint density at radius 3 is 2.25 bits per heavy atom. The largest absolute Gasteiger partial charge is 0.416 e. The van der Waals surface area contributed by atoms with Crippen LogP contribution in [0.15, 0.2) is 30.5 Å². The van der Waals surface area contributed by atoms with E-state index in [0.29, 0.717) is 43.1 Å². The van der Waals surface area contributed by atoms with Crippen LogP contribution in [0.1, 0.15) is 59.6 Å². The summed E-state index contributed by atoms with van der Waals surface area (Å²) in [6, 6.07) is 5.03. The summed E-state index contributed by atoms with van der Waals surface area (Å²) in [5.74, 6) is 0.289. The lowest BCUT2D eigenvalue weighted by atomic mass is 9.84. The number of alkyl halides is 3. The summed E-state index contributed by atoms with van der Waals surface area (Å²) in [6.07, 6.45) is 1.81. The Kier molecular flexibility index (Phi) is 5.22. The van der Waals surface area contributed by atoms with Crippen molar-refractivity contribution in [3.63, 3.8) is 0 Å². The Hall–Kier alpha value is -2.84. The minimum Gasteiger partial charge on any atom is -0.339 e. The number of benzene rings is 1. The number of rotatable bonds is 4. The van der Waals surface area contributed by atoms with E-state index in [-0.39, 0.29) is 23.7 Å². The van der Waals surface area contributed by atoms with E-state index in [1.165, 1.54) is 16.9 Å². The maximum Gasteiger partial charge on any atom is 0.416 e. The van der Waals surface area contributed by atoms with Gasteiger partial charge in [-0.3, -0.25) is 9.59 Å². The van der Waals surface area contributed by atoms with Gasteiger partial charge in [0.2, 0.25) is 5.91 Å². The third-order valence-corrected chi connectivity index (χ3v) is 6.75. The Labute approximate surface area is 184 Å². The van der Waals surface area contributed by atoms with Crippen LogP contribution >= 0.6 is 0 Å². The van der Waals surface area contributed by atoms with Crippen LogP contribution in [0.5, 0.6) is 0 Å². The molecule has 1 aromatic heterocycles. The monoisotopic (exact) mass is 446 g/mol. The van der Waals surface area contributed by atoms with Gasteiger partial charge in [-0.05, 0) is 43.9 Å². The van der Waals surface area contributed by atoms with E-state index < -0.39 is 11.7 Å². The fourth-order valence-electron chi connectivity index (χ4n) is 4.51. The summed E-state index contributed by atoms with van der Waals surface area (Å²) in [5, 5.41) is 4.31. The molecule has 1 aromatic carbocycles. The molecule has 2 saturated carbocycles. The van der Waals surface area contributed by atoms with Gasteiger partial charge in [-0.2, -0.15) is 18.3 Å². The fraction of sp³-hybridized carbons (Fsp3) is 0.522. The van der Waals surface area contributed by atoms with Gasteiger partial charge in [-0.1, -0.05) is 12.5 Å². The Bertz CT molecular complexity index is 1030. The zero-order valence-corrected chi connectivity index (χ0v) is 17.6. The summed E-state index contributed by atoms with van der Waals surface area (Å²) < 4.78 is 41.0. The van der Waals surface area contributed by atoms with Crippen molar-refractivity contribution < 1.29 is 22.8 Å². The van der Waals surface area contributed by atoms with Crippen LogP contribution in [0, 0.1) is 5.92 Å². The van der Waals surface area contributed by atoms with Gasteiger partial charge in [-0.15, -0.1) is 0 Å². The number of piperazine rings is 1. The van der Waals surface area contributed by atoms with E-state index in [2.05, 4.69) is 5.10 Å². The molecule has 6 nitrogen and oxygen atoms in total. The van der Waals surface area contributed by atoms with Gasteiger partial charge in [-0.25, -0.2) is 4.68 Å². The van der Waals surface area contributed by atoms with Crippen LogP contribution in [0.3, 0.4) is 0 Å². The topological polar surface area (TPSA) is 58.4 Å². The van der Waals surface area contributed by atoms with Gasteiger partial charge < -0.3 is 9.80 Å². The SMILES string of the molecule is O=C(c1cnn(-c2cccc(C(F)(F)F)c2)c1C1CC1)N1CCN(C(=O)C2CCC2)CC1. The van der Waals surface area contributed by atoms with Crippen molar-refractivity contribution in [3.8, 4) is 5.69 Å². The number of carbonyl (C=O) groups is 2. The highest BCUT2D eigenvalue weighted by atomic mass is 19.4. The van der Waals surface area contributed by atoms with Crippen molar-refractivity contribution in [2.24, 2.45) is 5.92 Å². The highest BCUT2D eigenvalue weighted by Crippen LogP contribution is 2.43. The first-order chi connectivity index (χ1) is 15.3. The maximum absolute atomic E-state index is 13.3. The average Bonchev–Trinajstić information content (AvgIpc) is 3.49. The molecular weight excluding hydrogens is 421 g/mol. The van der Waals surface area contributed by atoms with E-state index in [1.54, 1.807) is 11.0 Å². The fourth-order valence-corrected chi connectivity index (χ4v) is 4.51. The minimum atomic E-state index is -4.45. The van der Waals surface area contributed by atoms with Crippen molar-refractivity contribution in [3.05, 3.63) is 47.3 Å². The van der Waals surface area contributed by atoms with Gasteiger partial charge in [0, 0.05) is 38.0 Å². The molecule has 0 atom stereocenters. The molecule has 170 valence electrons. The Balaban J connectivity index is 1.35. The predicted molar refractivity (Wildman–Crippen MR) is 110 cm³/mol. The lowest BCUT2D eigenvalue weighted by Crippen LogP contribution is -2.52. The number of aromatic nitrogens is 2. The molecule has 2 aromatic rings. The molecule has 0 unspecified atom stereocenters. The van der Waals surface area contributed by atoms with Crippen molar-refractivity contribution in [1.29, 1.82) is 0 Å². The Morgan fingerprint density at radius 1 is 0.969 bits per heavy atom. The van der Waals surface area contributed by atoms with Gasteiger partial charge in [0.15, 0.2) is 0 Å². The van der Waals surface area contributed by atoms with Gasteiger partial charge in [0.1, 0.15) is 0 Å². The van der Waals surface area contributed by atoms with Crippen LogP contribution in [-0.2, 0) is 11.0 Å². The normalized spacial score (nSPS) is 19.7. The molecule has 3 aliphatic rings. The first kappa shape index (κ1) is 21.0. The van der Waals surface area contributed by atoms with Gasteiger partial charge in [0.05, 0.1) is 28.7 Å². The third kappa shape index (κ3) is 3.89. The van der Waals surface area contributed by atoms with E-state index in [0.717, 1.165) is 44.2 Å². The minimum absolute atomic E-state index is 0.118. The van der Waals surface area contributed by atoms with Crippen molar-refractivity contribution >= 4 is 11.8 Å². The summed E-state index contributed by atoms with van der Waals surface area (Å²) in [4.78, 5) is 29.3. The molecule has 3 fully saturated rings.